The monoisotopic (exact) mass is 408 g/mol. The number of rotatable bonds is 2. The van der Waals surface area contributed by atoms with Gasteiger partial charge in [-0.3, -0.25) is 14.6 Å². The van der Waals surface area contributed by atoms with Crippen molar-refractivity contribution in [1.82, 2.24) is 14.9 Å². The summed E-state index contributed by atoms with van der Waals surface area (Å²) in [6.07, 6.45) is 15.4. The van der Waals surface area contributed by atoms with Crippen molar-refractivity contribution in [1.29, 1.82) is 0 Å². The zero-order valence-corrected chi connectivity index (χ0v) is 18.2. The Hall–Kier alpha value is -2.24. The molecule has 5 rings (SSSR count). The van der Waals surface area contributed by atoms with E-state index in [1.54, 1.807) is 6.20 Å². The normalized spacial score (nSPS) is 40.2. The Morgan fingerprint density at radius 3 is 2.73 bits per heavy atom. The lowest BCUT2D eigenvalue weighted by Crippen LogP contribution is -2.60. The van der Waals surface area contributed by atoms with E-state index in [1.807, 2.05) is 18.0 Å². The summed E-state index contributed by atoms with van der Waals surface area (Å²) in [4.78, 5) is 36.1. The minimum Gasteiger partial charge on any atom is -0.338 e. The van der Waals surface area contributed by atoms with Gasteiger partial charge in [0.1, 0.15) is 5.57 Å². The van der Waals surface area contributed by atoms with Gasteiger partial charge in [-0.1, -0.05) is 26.3 Å². The van der Waals surface area contributed by atoms with E-state index in [2.05, 4.69) is 29.1 Å². The van der Waals surface area contributed by atoms with Crippen molar-refractivity contribution >= 4 is 17.6 Å². The van der Waals surface area contributed by atoms with E-state index >= 15 is 0 Å². The largest absolute Gasteiger partial charge is 0.338 e. The van der Waals surface area contributed by atoms with Crippen LogP contribution < -0.4 is 5.32 Å². The van der Waals surface area contributed by atoms with Gasteiger partial charge in [-0.2, -0.15) is 0 Å². The maximum Gasteiger partial charge on any atom is 0.262 e. The molecule has 0 bridgehead atoms. The Balaban J connectivity index is 1.49. The first-order valence-electron chi connectivity index (χ1n) is 11.4. The molecule has 1 N–H and O–H groups in total. The lowest BCUT2D eigenvalue weighted by Gasteiger charge is -2.60. The van der Waals surface area contributed by atoms with Crippen LogP contribution in [-0.2, 0) is 9.59 Å². The molecule has 1 aromatic rings. The van der Waals surface area contributed by atoms with Crippen LogP contribution in [0.3, 0.4) is 0 Å². The Morgan fingerprint density at radius 2 is 1.97 bits per heavy atom. The van der Waals surface area contributed by atoms with Crippen LogP contribution in [0, 0.1) is 28.6 Å². The van der Waals surface area contributed by atoms with Crippen molar-refractivity contribution < 1.29 is 9.59 Å². The Bertz CT molecular complexity index is 900. The second kappa shape index (κ2) is 6.89. The van der Waals surface area contributed by atoms with Gasteiger partial charge in [0.25, 0.3) is 11.8 Å². The number of nitrogens with one attached hydrogen (secondary N) is 1. The molecule has 0 saturated heterocycles. The molecule has 0 radical (unpaired) electrons. The van der Waals surface area contributed by atoms with Crippen LogP contribution in [0.15, 0.2) is 30.2 Å². The first-order valence-corrected chi connectivity index (χ1v) is 11.4. The zero-order chi connectivity index (χ0) is 21.1. The van der Waals surface area contributed by atoms with Crippen molar-refractivity contribution in [3.63, 3.8) is 0 Å². The smallest absolute Gasteiger partial charge is 0.262 e. The SMILES string of the molecule is CN1C(=O)C(C(=O)Nc2cnccn2)=C[C@@]2(C)C1CC[C@@H]1[C@H]2CC[C@]2(C)CCC[C@@H]12. The molecule has 30 heavy (non-hydrogen) atoms. The molecule has 1 unspecified atom stereocenters. The predicted octanol–water partition coefficient (Wildman–Crippen LogP) is 3.81. The third-order valence-electron chi connectivity index (χ3n) is 9.03. The molecule has 1 aromatic heterocycles. The molecule has 6 heteroatoms. The van der Waals surface area contributed by atoms with E-state index < -0.39 is 0 Å². The van der Waals surface area contributed by atoms with Crippen molar-refractivity contribution in [2.45, 2.75) is 64.8 Å². The summed E-state index contributed by atoms with van der Waals surface area (Å²) in [5.74, 6) is 1.83. The number of hydrogen-bond donors (Lipinski definition) is 1. The fourth-order valence-corrected chi connectivity index (χ4v) is 7.59. The highest BCUT2D eigenvalue weighted by Gasteiger charge is 2.59. The first-order chi connectivity index (χ1) is 14.3. The molecule has 6 atom stereocenters. The van der Waals surface area contributed by atoms with Crippen LogP contribution in [0.5, 0.6) is 0 Å². The van der Waals surface area contributed by atoms with E-state index in [-0.39, 0.29) is 28.8 Å². The van der Waals surface area contributed by atoms with Gasteiger partial charge >= 0.3 is 0 Å². The molecular weight excluding hydrogens is 376 g/mol. The molecule has 0 aromatic carbocycles. The van der Waals surface area contributed by atoms with Crippen LogP contribution in [0.1, 0.15) is 58.8 Å². The van der Waals surface area contributed by atoms with Crippen LogP contribution in [0.2, 0.25) is 0 Å². The molecule has 2 heterocycles. The highest BCUT2D eigenvalue weighted by Crippen LogP contribution is 2.64. The number of hydrogen-bond acceptors (Lipinski definition) is 4. The maximum atomic E-state index is 13.1. The van der Waals surface area contributed by atoms with Crippen molar-refractivity contribution in [3.8, 4) is 0 Å². The highest BCUT2D eigenvalue weighted by atomic mass is 16.2. The van der Waals surface area contributed by atoms with E-state index in [9.17, 15) is 9.59 Å². The number of aromatic nitrogens is 2. The van der Waals surface area contributed by atoms with Gasteiger partial charge < -0.3 is 10.2 Å². The Morgan fingerprint density at radius 1 is 1.13 bits per heavy atom. The summed E-state index contributed by atoms with van der Waals surface area (Å²) >= 11 is 0. The van der Waals surface area contributed by atoms with E-state index in [4.69, 9.17) is 0 Å². The Labute approximate surface area is 178 Å². The summed E-state index contributed by atoms with van der Waals surface area (Å²) in [5, 5.41) is 2.76. The molecule has 6 nitrogen and oxygen atoms in total. The molecule has 1 aliphatic heterocycles. The molecular formula is C24H32N4O2. The number of carbonyl (C=O) groups is 2. The van der Waals surface area contributed by atoms with Gasteiger partial charge in [0, 0.05) is 30.9 Å². The van der Waals surface area contributed by atoms with Crippen molar-refractivity contribution in [3.05, 3.63) is 30.2 Å². The number of amides is 2. The van der Waals surface area contributed by atoms with Crippen LogP contribution in [0.25, 0.3) is 0 Å². The summed E-state index contributed by atoms with van der Waals surface area (Å²) in [6.45, 7) is 4.80. The van der Waals surface area contributed by atoms with Gasteiger partial charge in [0.05, 0.1) is 6.20 Å². The average molecular weight is 409 g/mol. The van der Waals surface area contributed by atoms with E-state index in [0.29, 0.717) is 23.1 Å². The van der Waals surface area contributed by atoms with Crippen LogP contribution in [-0.4, -0.2) is 39.8 Å². The lowest BCUT2D eigenvalue weighted by molar-refractivity contribution is -0.141. The molecule has 3 aliphatic carbocycles. The second-order valence-electron chi connectivity index (χ2n) is 10.4. The summed E-state index contributed by atoms with van der Waals surface area (Å²) < 4.78 is 0. The highest BCUT2D eigenvalue weighted by molar-refractivity contribution is 6.23. The topological polar surface area (TPSA) is 75.2 Å². The molecule has 160 valence electrons. The summed E-state index contributed by atoms with van der Waals surface area (Å²) in [6, 6.07) is 0.171. The van der Waals surface area contributed by atoms with Crippen LogP contribution in [0.4, 0.5) is 5.82 Å². The minimum absolute atomic E-state index is 0.162. The van der Waals surface area contributed by atoms with Crippen molar-refractivity contribution in [2.75, 3.05) is 12.4 Å². The third kappa shape index (κ3) is 2.83. The number of likely N-dealkylation sites (N-methyl/N-ethyl adjacent to an activating group) is 1. The molecule has 3 fully saturated rings. The van der Waals surface area contributed by atoms with Gasteiger partial charge in [0.2, 0.25) is 0 Å². The first kappa shape index (κ1) is 19.7. The van der Waals surface area contributed by atoms with Gasteiger partial charge in [0.15, 0.2) is 5.82 Å². The summed E-state index contributed by atoms with van der Waals surface area (Å²) in [7, 11) is 1.87. The van der Waals surface area contributed by atoms with Gasteiger partial charge in [-0.25, -0.2) is 4.98 Å². The average Bonchev–Trinajstić information content (AvgIpc) is 3.13. The number of fused-ring (bicyclic) bond motifs is 5. The standard InChI is InChI=1S/C24H32N4O2/c1-23-9-4-5-17(23)15-6-7-19-24(2,18(15)8-10-23)13-16(22(30)28(19)3)21(29)27-20-14-25-11-12-26-20/h11-15,17-19H,4-10H2,1-3H3,(H,26,27,29)/t15-,17-,18+,19?,23-,24+/m0/s1. The fourth-order valence-electron chi connectivity index (χ4n) is 7.59. The van der Waals surface area contributed by atoms with Gasteiger partial charge in [-0.05, 0) is 61.7 Å². The quantitative estimate of drug-likeness (QED) is 0.755. The molecule has 2 amide bonds. The number of carbonyl (C=O) groups excluding carboxylic acids is 2. The zero-order valence-electron chi connectivity index (χ0n) is 18.2. The van der Waals surface area contributed by atoms with Crippen LogP contribution >= 0.6 is 0 Å². The van der Waals surface area contributed by atoms with E-state index in [1.165, 1.54) is 50.9 Å². The molecule has 4 aliphatic rings. The Kier molecular flexibility index (Phi) is 4.53. The predicted molar refractivity (Wildman–Crippen MR) is 114 cm³/mol. The molecule has 3 saturated carbocycles. The lowest BCUT2D eigenvalue weighted by atomic mass is 9.48. The van der Waals surface area contributed by atoms with E-state index in [0.717, 1.165) is 12.3 Å². The van der Waals surface area contributed by atoms with Gasteiger partial charge in [-0.15, -0.1) is 0 Å². The number of anilines is 1. The van der Waals surface area contributed by atoms with Crippen molar-refractivity contribution in [2.24, 2.45) is 28.6 Å². The molecule has 0 spiro atoms. The summed E-state index contributed by atoms with van der Waals surface area (Å²) in [5.41, 5.74) is 0.587. The second-order valence-corrected chi connectivity index (χ2v) is 10.4. The number of nitrogens with zero attached hydrogens (tertiary/aromatic N) is 3. The minimum atomic E-state index is -0.379. The maximum absolute atomic E-state index is 13.1. The third-order valence-corrected chi connectivity index (χ3v) is 9.03. The fraction of sp³-hybridized carbons (Fsp3) is 0.667.